The SMILES string of the molecule is Cc1cc(C)c(S(=O)(=O)N2CCN(CC(=O)NC(C)C(C)C)CC2)c(C)c1. The van der Waals surface area contributed by atoms with Gasteiger partial charge in [-0.05, 0) is 44.7 Å². The molecule has 1 aliphatic heterocycles. The van der Waals surface area contributed by atoms with Crippen molar-refractivity contribution >= 4 is 15.9 Å². The summed E-state index contributed by atoms with van der Waals surface area (Å²) >= 11 is 0. The standard InChI is InChI=1S/C20H33N3O3S/c1-14(2)18(6)21-19(24)13-22-7-9-23(10-8-22)27(25,26)20-16(4)11-15(3)12-17(20)5/h11-12,14,18H,7-10,13H2,1-6H3,(H,21,24). The lowest BCUT2D eigenvalue weighted by Gasteiger charge is -2.34. The van der Waals surface area contributed by atoms with Gasteiger partial charge >= 0.3 is 0 Å². The van der Waals surface area contributed by atoms with Crippen molar-refractivity contribution < 1.29 is 13.2 Å². The van der Waals surface area contributed by atoms with Crippen molar-refractivity contribution in [3.05, 3.63) is 28.8 Å². The Labute approximate surface area is 164 Å². The molecule has 1 amide bonds. The molecule has 152 valence electrons. The van der Waals surface area contributed by atoms with Crippen LogP contribution < -0.4 is 5.32 Å². The van der Waals surface area contributed by atoms with E-state index in [1.54, 1.807) is 4.31 Å². The number of benzene rings is 1. The molecule has 1 unspecified atom stereocenters. The van der Waals surface area contributed by atoms with E-state index in [0.29, 0.717) is 43.5 Å². The molecule has 2 rings (SSSR count). The van der Waals surface area contributed by atoms with Crippen molar-refractivity contribution in [2.24, 2.45) is 5.92 Å². The van der Waals surface area contributed by atoms with Crippen molar-refractivity contribution in [1.82, 2.24) is 14.5 Å². The molecule has 27 heavy (non-hydrogen) atoms. The number of hydrogen-bond acceptors (Lipinski definition) is 4. The predicted octanol–water partition coefficient (Wildman–Crippen LogP) is 2.08. The van der Waals surface area contributed by atoms with Crippen LogP contribution in [0.15, 0.2) is 17.0 Å². The highest BCUT2D eigenvalue weighted by Gasteiger charge is 2.31. The van der Waals surface area contributed by atoms with E-state index in [4.69, 9.17) is 0 Å². The van der Waals surface area contributed by atoms with Crippen molar-refractivity contribution in [1.29, 1.82) is 0 Å². The van der Waals surface area contributed by atoms with Gasteiger partial charge < -0.3 is 5.32 Å². The molecule has 7 heteroatoms. The molecule has 1 N–H and O–H groups in total. The normalized spacial score (nSPS) is 17.9. The molecule has 1 saturated heterocycles. The number of amides is 1. The van der Waals surface area contributed by atoms with Gasteiger partial charge in [-0.25, -0.2) is 8.42 Å². The van der Waals surface area contributed by atoms with Crippen LogP contribution in [0.2, 0.25) is 0 Å². The summed E-state index contributed by atoms with van der Waals surface area (Å²) in [6, 6.07) is 3.96. The molecule has 0 spiro atoms. The molecule has 1 aromatic carbocycles. The molecule has 0 bridgehead atoms. The first-order valence-corrected chi connectivity index (χ1v) is 11.1. The maximum atomic E-state index is 13.1. The largest absolute Gasteiger partial charge is 0.352 e. The van der Waals surface area contributed by atoms with Gasteiger partial charge in [0.05, 0.1) is 11.4 Å². The Balaban J connectivity index is 2.00. The highest BCUT2D eigenvalue weighted by Crippen LogP contribution is 2.26. The van der Waals surface area contributed by atoms with E-state index >= 15 is 0 Å². The van der Waals surface area contributed by atoms with Crippen LogP contribution in [0.25, 0.3) is 0 Å². The average Bonchev–Trinajstić information content (AvgIpc) is 2.53. The molecule has 1 atom stereocenters. The maximum Gasteiger partial charge on any atom is 0.243 e. The Kier molecular flexibility index (Phi) is 7.05. The minimum Gasteiger partial charge on any atom is -0.352 e. The number of piperazine rings is 1. The van der Waals surface area contributed by atoms with Crippen LogP contribution in [0.3, 0.4) is 0 Å². The summed E-state index contributed by atoms with van der Waals surface area (Å²) in [7, 11) is -3.52. The van der Waals surface area contributed by atoms with Crippen molar-refractivity contribution in [2.45, 2.75) is 52.5 Å². The van der Waals surface area contributed by atoms with E-state index in [1.807, 2.05) is 44.7 Å². The average molecular weight is 396 g/mol. The number of carbonyl (C=O) groups excluding carboxylic acids is 1. The van der Waals surface area contributed by atoms with Crippen LogP contribution in [0.1, 0.15) is 37.5 Å². The molecule has 0 aromatic heterocycles. The van der Waals surface area contributed by atoms with Crippen LogP contribution in [0, 0.1) is 26.7 Å². The lowest BCUT2D eigenvalue weighted by molar-refractivity contribution is -0.123. The van der Waals surface area contributed by atoms with Gasteiger partial charge in [0.25, 0.3) is 0 Å². The van der Waals surface area contributed by atoms with Gasteiger partial charge in [-0.15, -0.1) is 0 Å². The Morgan fingerprint density at radius 1 is 1.04 bits per heavy atom. The summed E-state index contributed by atoms with van der Waals surface area (Å²) in [5.41, 5.74) is 2.64. The number of carbonyl (C=O) groups is 1. The number of sulfonamides is 1. The molecule has 0 radical (unpaired) electrons. The smallest absolute Gasteiger partial charge is 0.243 e. The van der Waals surface area contributed by atoms with E-state index in [-0.39, 0.29) is 11.9 Å². The molecule has 0 saturated carbocycles. The summed E-state index contributed by atoms with van der Waals surface area (Å²) in [6.45, 7) is 14.1. The second-order valence-corrected chi connectivity index (χ2v) is 9.88. The third-order valence-electron chi connectivity index (χ3n) is 5.29. The summed E-state index contributed by atoms with van der Waals surface area (Å²) in [5, 5.41) is 3.00. The molecular weight excluding hydrogens is 362 g/mol. The van der Waals surface area contributed by atoms with Crippen LogP contribution in [0.5, 0.6) is 0 Å². The Bertz CT molecular complexity index is 759. The van der Waals surface area contributed by atoms with E-state index < -0.39 is 10.0 Å². The third kappa shape index (κ3) is 5.30. The first kappa shape index (κ1) is 21.9. The molecule has 1 aliphatic rings. The topological polar surface area (TPSA) is 69.7 Å². The zero-order valence-corrected chi connectivity index (χ0v) is 18.2. The Morgan fingerprint density at radius 2 is 1.56 bits per heavy atom. The summed E-state index contributed by atoms with van der Waals surface area (Å²) in [4.78, 5) is 14.6. The molecular formula is C20H33N3O3S. The molecule has 1 heterocycles. The fourth-order valence-corrected chi connectivity index (χ4v) is 5.33. The van der Waals surface area contributed by atoms with E-state index in [1.165, 1.54) is 0 Å². The Morgan fingerprint density at radius 3 is 2.04 bits per heavy atom. The van der Waals surface area contributed by atoms with Crippen molar-refractivity contribution in [3.63, 3.8) is 0 Å². The maximum absolute atomic E-state index is 13.1. The summed E-state index contributed by atoms with van der Waals surface area (Å²) < 4.78 is 27.8. The lowest BCUT2D eigenvalue weighted by Crippen LogP contribution is -2.52. The monoisotopic (exact) mass is 395 g/mol. The highest BCUT2D eigenvalue weighted by atomic mass is 32.2. The Hall–Kier alpha value is -1.44. The van der Waals surface area contributed by atoms with E-state index in [2.05, 4.69) is 19.2 Å². The van der Waals surface area contributed by atoms with Crippen LogP contribution in [-0.4, -0.2) is 62.3 Å². The van der Waals surface area contributed by atoms with Gasteiger partial charge in [-0.1, -0.05) is 31.5 Å². The number of aryl methyl sites for hydroxylation is 3. The molecule has 1 fully saturated rings. The van der Waals surface area contributed by atoms with E-state index in [9.17, 15) is 13.2 Å². The van der Waals surface area contributed by atoms with Gasteiger partial charge in [-0.3, -0.25) is 9.69 Å². The van der Waals surface area contributed by atoms with E-state index in [0.717, 1.165) is 16.7 Å². The second kappa shape index (κ2) is 8.71. The number of hydrogen-bond donors (Lipinski definition) is 1. The van der Waals surface area contributed by atoms with Crippen molar-refractivity contribution in [3.8, 4) is 0 Å². The summed E-state index contributed by atoms with van der Waals surface area (Å²) in [6.07, 6.45) is 0. The van der Waals surface area contributed by atoms with Gasteiger partial charge in [0, 0.05) is 32.2 Å². The van der Waals surface area contributed by atoms with Gasteiger partial charge in [0.1, 0.15) is 0 Å². The van der Waals surface area contributed by atoms with Gasteiger partial charge in [0.2, 0.25) is 15.9 Å². The van der Waals surface area contributed by atoms with Crippen LogP contribution in [-0.2, 0) is 14.8 Å². The number of nitrogens with zero attached hydrogens (tertiary/aromatic N) is 2. The fourth-order valence-electron chi connectivity index (χ4n) is 3.50. The van der Waals surface area contributed by atoms with Gasteiger partial charge in [0.15, 0.2) is 0 Å². The van der Waals surface area contributed by atoms with Gasteiger partial charge in [-0.2, -0.15) is 4.31 Å². The highest BCUT2D eigenvalue weighted by molar-refractivity contribution is 7.89. The second-order valence-electron chi connectivity index (χ2n) is 8.01. The molecule has 1 aromatic rings. The van der Waals surface area contributed by atoms with Crippen molar-refractivity contribution in [2.75, 3.05) is 32.7 Å². The predicted molar refractivity (Wildman–Crippen MR) is 108 cm³/mol. The number of nitrogens with one attached hydrogen (secondary N) is 1. The summed E-state index contributed by atoms with van der Waals surface area (Å²) in [5.74, 6) is 0.384. The zero-order chi connectivity index (χ0) is 20.4. The number of rotatable bonds is 6. The third-order valence-corrected chi connectivity index (χ3v) is 7.49. The van der Waals surface area contributed by atoms with Crippen LogP contribution >= 0.6 is 0 Å². The minimum absolute atomic E-state index is 0.00210. The first-order valence-electron chi connectivity index (χ1n) is 9.62. The molecule has 6 nitrogen and oxygen atoms in total. The lowest BCUT2D eigenvalue weighted by atomic mass is 10.1. The quantitative estimate of drug-likeness (QED) is 0.801. The first-order chi connectivity index (χ1) is 12.5. The van der Waals surface area contributed by atoms with Crippen LogP contribution in [0.4, 0.5) is 0 Å². The minimum atomic E-state index is -3.52. The zero-order valence-electron chi connectivity index (χ0n) is 17.4. The fraction of sp³-hybridized carbons (Fsp3) is 0.650. The molecule has 0 aliphatic carbocycles.